The van der Waals surface area contributed by atoms with Gasteiger partial charge in [-0.1, -0.05) is 0 Å². The highest BCUT2D eigenvalue weighted by atomic mass is 127. The number of nitrogens with zero attached hydrogens (tertiary/aromatic N) is 2. The third-order valence-electron chi connectivity index (χ3n) is 3.42. The number of hydrogen-bond donors (Lipinski definition) is 2. The number of carbonyl (C=O) groups is 1. The van der Waals surface area contributed by atoms with Crippen LogP contribution < -0.4 is 10.6 Å². The second kappa shape index (κ2) is 8.60. The standard InChI is InChI=1S/C13H24N4O.HI/c1-14-13(17-9-2-3-10-17)15-8-4-5-12(18)16-11-6-7-11;/h11H,2-10H2,1H3,(H,14,15)(H,16,18);1H. The predicted molar refractivity (Wildman–Crippen MR) is 88.0 cm³/mol. The lowest BCUT2D eigenvalue weighted by atomic mass is 10.3. The quantitative estimate of drug-likeness (QED) is 0.328. The van der Waals surface area contributed by atoms with E-state index in [1.54, 1.807) is 0 Å². The lowest BCUT2D eigenvalue weighted by Crippen LogP contribution is -2.40. The van der Waals surface area contributed by atoms with E-state index in [9.17, 15) is 4.79 Å². The molecule has 0 spiro atoms. The van der Waals surface area contributed by atoms with Gasteiger partial charge in [-0.15, -0.1) is 24.0 Å². The van der Waals surface area contributed by atoms with Crippen molar-refractivity contribution in [3.63, 3.8) is 0 Å². The molecule has 1 saturated heterocycles. The van der Waals surface area contributed by atoms with E-state index in [1.165, 1.54) is 12.8 Å². The summed E-state index contributed by atoms with van der Waals surface area (Å²) in [6.45, 7) is 3.02. The van der Waals surface area contributed by atoms with Gasteiger partial charge in [-0.25, -0.2) is 0 Å². The molecule has 0 aromatic carbocycles. The molecule has 1 heterocycles. The smallest absolute Gasteiger partial charge is 0.220 e. The summed E-state index contributed by atoms with van der Waals surface area (Å²) < 4.78 is 0. The molecule has 2 aliphatic rings. The number of aliphatic imine (C=N–C) groups is 1. The van der Waals surface area contributed by atoms with Gasteiger partial charge in [0.1, 0.15) is 0 Å². The Bertz CT molecular complexity index is 312. The first-order valence-electron chi connectivity index (χ1n) is 7.04. The Balaban J connectivity index is 0.00000180. The van der Waals surface area contributed by atoms with E-state index < -0.39 is 0 Å². The fourth-order valence-electron chi connectivity index (χ4n) is 2.24. The van der Waals surface area contributed by atoms with Gasteiger partial charge in [0.25, 0.3) is 0 Å². The molecule has 0 aromatic rings. The third kappa shape index (κ3) is 5.97. The van der Waals surface area contributed by atoms with Crippen LogP contribution in [0.25, 0.3) is 0 Å². The average molecular weight is 380 g/mol. The van der Waals surface area contributed by atoms with Gasteiger partial charge >= 0.3 is 0 Å². The fourth-order valence-corrected chi connectivity index (χ4v) is 2.24. The molecule has 5 nitrogen and oxygen atoms in total. The van der Waals surface area contributed by atoms with Crippen molar-refractivity contribution in [2.75, 3.05) is 26.7 Å². The molecule has 19 heavy (non-hydrogen) atoms. The second-order valence-electron chi connectivity index (χ2n) is 5.11. The summed E-state index contributed by atoms with van der Waals surface area (Å²) in [6, 6.07) is 0.475. The Morgan fingerprint density at radius 2 is 2.00 bits per heavy atom. The van der Waals surface area contributed by atoms with Gasteiger partial charge in [-0.3, -0.25) is 9.79 Å². The first-order valence-corrected chi connectivity index (χ1v) is 7.04. The summed E-state index contributed by atoms with van der Waals surface area (Å²) in [5, 5.41) is 6.34. The first-order chi connectivity index (χ1) is 8.79. The molecule has 1 aliphatic carbocycles. The maximum Gasteiger partial charge on any atom is 0.220 e. The maximum absolute atomic E-state index is 11.5. The molecular formula is C13H25IN4O. The number of rotatable bonds is 5. The van der Waals surface area contributed by atoms with E-state index in [2.05, 4.69) is 20.5 Å². The van der Waals surface area contributed by atoms with Crippen LogP contribution in [0.3, 0.4) is 0 Å². The first kappa shape index (κ1) is 16.5. The van der Waals surface area contributed by atoms with Gasteiger partial charge in [0.05, 0.1) is 0 Å². The number of guanidine groups is 1. The summed E-state index contributed by atoms with van der Waals surface area (Å²) in [4.78, 5) is 18.0. The molecule has 0 atom stereocenters. The normalized spacial score (nSPS) is 19.0. The minimum Gasteiger partial charge on any atom is -0.356 e. The van der Waals surface area contributed by atoms with Gasteiger partial charge in [0.2, 0.25) is 5.91 Å². The summed E-state index contributed by atoms with van der Waals surface area (Å²) in [5.74, 6) is 1.17. The highest BCUT2D eigenvalue weighted by Crippen LogP contribution is 2.18. The van der Waals surface area contributed by atoms with Gasteiger partial charge < -0.3 is 15.5 Å². The molecule has 1 amide bonds. The van der Waals surface area contributed by atoms with Gasteiger partial charge in [-0.2, -0.15) is 0 Å². The van der Waals surface area contributed by atoms with Crippen LogP contribution in [0.15, 0.2) is 4.99 Å². The summed E-state index contributed by atoms with van der Waals surface area (Å²) in [7, 11) is 1.82. The molecule has 0 unspecified atom stereocenters. The molecule has 0 radical (unpaired) electrons. The minimum absolute atomic E-state index is 0. The zero-order valence-corrected chi connectivity index (χ0v) is 14.0. The van der Waals surface area contributed by atoms with Crippen LogP contribution >= 0.6 is 24.0 Å². The number of carbonyl (C=O) groups excluding carboxylic acids is 1. The van der Waals surface area contributed by atoms with Gasteiger partial charge in [0, 0.05) is 39.1 Å². The van der Waals surface area contributed by atoms with Crippen LogP contribution in [0.4, 0.5) is 0 Å². The Hall–Kier alpha value is -0.530. The van der Waals surface area contributed by atoms with Gasteiger partial charge in [-0.05, 0) is 32.1 Å². The number of hydrogen-bond acceptors (Lipinski definition) is 2. The average Bonchev–Trinajstić information content (AvgIpc) is 3.01. The maximum atomic E-state index is 11.5. The summed E-state index contributed by atoms with van der Waals surface area (Å²) in [5.41, 5.74) is 0. The van der Waals surface area contributed by atoms with Crippen LogP contribution in [0.2, 0.25) is 0 Å². The number of likely N-dealkylation sites (tertiary alicyclic amines) is 1. The Kier molecular flexibility index (Phi) is 7.48. The Morgan fingerprint density at radius 3 is 2.58 bits per heavy atom. The largest absolute Gasteiger partial charge is 0.356 e. The number of amides is 1. The van der Waals surface area contributed by atoms with E-state index in [-0.39, 0.29) is 29.9 Å². The van der Waals surface area contributed by atoms with Crippen molar-refractivity contribution in [2.24, 2.45) is 4.99 Å². The van der Waals surface area contributed by atoms with Crippen molar-refractivity contribution in [3.8, 4) is 0 Å². The zero-order valence-electron chi connectivity index (χ0n) is 11.7. The molecule has 2 N–H and O–H groups in total. The molecule has 0 bridgehead atoms. The monoisotopic (exact) mass is 380 g/mol. The molecule has 2 fully saturated rings. The van der Waals surface area contributed by atoms with Crippen molar-refractivity contribution in [2.45, 2.75) is 44.6 Å². The SMILES string of the molecule is CN=C(NCCCC(=O)NC1CC1)N1CCCC1.I. The van der Waals surface area contributed by atoms with Crippen LogP contribution in [-0.4, -0.2) is 49.5 Å². The van der Waals surface area contributed by atoms with E-state index >= 15 is 0 Å². The fraction of sp³-hybridized carbons (Fsp3) is 0.846. The van der Waals surface area contributed by atoms with Crippen molar-refractivity contribution >= 4 is 35.8 Å². The lowest BCUT2D eigenvalue weighted by molar-refractivity contribution is -0.121. The van der Waals surface area contributed by atoms with E-state index in [0.29, 0.717) is 12.5 Å². The van der Waals surface area contributed by atoms with Crippen molar-refractivity contribution < 1.29 is 4.79 Å². The topological polar surface area (TPSA) is 56.7 Å². The van der Waals surface area contributed by atoms with Crippen LogP contribution in [0.1, 0.15) is 38.5 Å². The highest BCUT2D eigenvalue weighted by molar-refractivity contribution is 14.0. The van der Waals surface area contributed by atoms with Crippen molar-refractivity contribution in [1.82, 2.24) is 15.5 Å². The van der Waals surface area contributed by atoms with E-state index in [0.717, 1.165) is 44.9 Å². The summed E-state index contributed by atoms with van der Waals surface area (Å²) in [6.07, 6.45) is 6.30. The van der Waals surface area contributed by atoms with Crippen LogP contribution in [-0.2, 0) is 4.79 Å². The summed E-state index contributed by atoms with van der Waals surface area (Å²) >= 11 is 0. The lowest BCUT2D eigenvalue weighted by Gasteiger charge is -2.20. The van der Waals surface area contributed by atoms with Crippen molar-refractivity contribution in [1.29, 1.82) is 0 Å². The van der Waals surface area contributed by atoms with Crippen molar-refractivity contribution in [3.05, 3.63) is 0 Å². The highest BCUT2D eigenvalue weighted by Gasteiger charge is 2.22. The number of halogens is 1. The molecule has 2 rings (SSSR count). The minimum atomic E-state index is 0. The predicted octanol–water partition coefficient (Wildman–Crippen LogP) is 1.33. The molecule has 6 heteroatoms. The second-order valence-corrected chi connectivity index (χ2v) is 5.11. The molecular weight excluding hydrogens is 355 g/mol. The molecule has 1 aliphatic heterocycles. The number of nitrogens with one attached hydrogen (secondary N) is 2. The van der Waals surface area contributed by atoms with Crippen LogP contribution in [0.5, 0.6) is 0 Å². The van der Waals surface area contributed by atoms with E-state index in [1.807, 2.05) is 7.05 Å². The van der Waals surface area contributed by atoms with Crippen LogP contribution in [0, 0.1) is 0 Å². The Labute approximate surface area is 132 Å². The zero-order chi connectivity index (χ0) is 12.8. The molecule has 110 valence electrons. The Morgan fingerprint density at radius 1 is 1.32 bits per heavy atom. The van der Waals surface area contributed by atoms with E-state index in [4.69, 9.17) is 0 Å². The van der Waals surface area contributed by atoms with Gasteiger partial charge in [0.15, 0.2) is 5.96 Å². The third-order valence-corrected chi connectivity index (χ3v) is 3.42. The molecule has 1 saturated carbocycles. The molecule has 0 aromatic heterocycles.